The number of ether oxygens (including phenoxy) is 2. The lowest BCUT2D eigenvalue weighted by Crippen LogP contribution is -2.41. The highest BCUT2D eigenvalue weighted by molar-refractivity contribution is 7.89. The molecule has 12 nitrogen and oxygen atoms in total. The molecule has 3 heterocycles. The van der Waals surface area contributed by atoms with Crippen molar-refractivity contribution in [2.24, 2.45) is 0 Å². The van der Waals surface area contributed by atoms with Crippen molar-refractivity contribution in [2.75, 3.05) is 50.0 Å². The molecule has 0 saturated carbocycles. The van der Waals surface area contributed by atoms with Crippen LogP contribution in [0, 0.1) is 6.92 Å². The van der Waals surface area contributed by atoms with Gasteiger partial charge in [0.2, 0.25) is 10.0 Å². The SMILES string of the molecule is Cc1cc(-n2nc(C(C)(C)C)cc2NC(=O)Nc2ccc(Oc3ccncc3)cc2)ccc1S(=O)(=O)NCCN1CCOCC1. The molecule has 0 atom stereocenters. The van der Waals surface area contributed by atoms with Gasteiger partial charge in [0.25, 0.3) is 0 Å². The van der Waals surface area contributed by atoms with Gasteiger partial charge in [0.15, 0.2) is 0 Å². The van der Waals surface area contributed by atoms with E-state index in [0.29, 0.717) is 60.6 Å². The van der Waals surface area contributed by atoms with Crippen molar-refractivity contribution in [3.63, 3.8) is 0 Å². The van der Waals surface area contributed by atoms with Crippen LogP contribution in [-0.2, 0) is 20.2 Å². The first-order valence-electron chi connectivity index (χ1n) is 14.8. The third-order valence-electron chi connectivity index (χ3n) is 7.23. The summed E-state index contributed by atoms with van der Waals surface area (Å²) in [5.41, 5.74) is 2.20. The first-order chi connectivity index (χ1) is 21.5. The second kappa shape index (κ2) is 13.8. The molecule has 13 heteroatoms. The Labute approximate surface area is 263 Å². The first-order valence-corrected chi connectivity index (χ1v) is 16.2. The molecule has 1 saturated heterocycles. The number of morpholine rings is 1. The molecule has 2 aromatic carbocycles. The van der Waals surface area contributed by atoms with Crippen molar-refractivity contribution in [3.05, 3.63) is 84.3 Å². The molecule has 238 valence electrons. The number of nitrogens with zero attached hydrogens (tertiary/aromatic N) is 4. The van der Waals surface area contributed by atoms with Gasteiger partial charge < -0.3 is 14.8 Å². The van der Waals surface area contributed by atoms with Crippen molar-refractivity contribution < 1.29 is 22.7 Å². The van der Waals surface area contributed by atoms with E-state index in [2.05, 4.69) is 25.2 Å². The van der Waals surface area contributed by atoms with Gasteiger partial charge in [-0.3, -0.25) is 15.2 Å². The molecule has 0 unspecified atom stereocenters. The number of hydrogen-bond acceptors (Lipinski definition) is 8. The molecule has 45 heavy (non-hydrogen) atoms. The Balaban J connectivity index is 1.29. The first kappa shape index (κ1) is 32.1. The molecule has 4 aromatic rings. The number of pyridine rings is 1. The van der Waals surface area contributed by atoms with E-state index in [4.69, 9.17) is 14.6 Å². The molecule has 0 spiro atoms. The summed E-state index contributed by atoms with van der Waals surface area (Å²) in [6, 6.07) is 16.9. The predicted octanol–water partition coefficient (Wildman–Crippen LogP) is 4.92. The van der Waals surface area contributed by atoms with Gasteiger partial charge in [-0.15, -0.1) is 0 Å². The monoisotopic (exact) mass is 633 g/mol. The lowest BCUT2D eigenvalue weighted by atomic mass is 9.92. The standard InChI is InChI=1S/C32H39N7O5S/c1-23-21-25(7-10-28(23)45(41,42)34-15-16-38-17-19-43-20-18-38)39-30(22-29(37-39)32(2,3)4)36-31(40)35-24-5-8-26(9-6-24)44-27-11-13-33-14-12-27/h5-14,21-22,34H,15-20H2,1-4H3,(H2,35,36,40). The topological polar surface area (TPSA) is 140 Å². The smallest absolute Gasteiger partial charge is 0.324 e. The number of benzene rings is 2. The number of urea groups is 1. The summed E-state index contributed by atoms with van der Waals surface area (Å²) < 4.78 is 41.7. The minimum atomic E-state index is -3.72. The molecular weight excluding hydrogens is 594 g/mol. The summed E-state index contributed by atoms with van der Waals surface area (Å²) in [7, 11) is -3.72. The van der Waals surface area contributed by atoms with Crippen molar-refractivity contribution in [3.8, 4) is 17.2 Å². The fourth-order valence-corrected chi connectivity index (χ4v) is 6.01. The molecule has 0 radical (unpaired) electrons. The number of amides is 2. The van der Waals surface area contributed by atoms with Crippen LogP contribution in [0.15, 0.2) is 78.0 Å². The highest BCUT2D eigenvalue weighted by Crippen LogP contribution is 2.28. The number of aryl methyl sites for hydroxylation is 1. The van der Waals surface area contributed by atoms with E-state index in [1.165, 1.54) is 0 Å². The molecule has 5 rings (SSSR count). The number of rotatable bonds is 10. The number of carbonyl (C=O) groups excluding carboxylic acids is 1. The minimum Gasteiger partial charge on any atom is -0.457 e. The number of aromatic nitrogens is 3. The van der Waals surface area contributed by atoms with Gasteiger partial charge in [-0.1, -0.05) is 20.8 Å². The Kier molecular flexibility index (Phi) is 9.83. The van der Waals surface area contributed by atoms with Crippen LogP contribution in [0.4, 0.5) is 16.3 Å². The van der Waals surface area contributed by atoms with Gasteiger partial charge in [-0.2, -0.15) is 5.10 Å². The van der Waals surface area contributed by atoms with E-state index in [1.54, 1.807) is 78.6 Å². The van der Waals surface area contributed by atoms with Crippen LogP contribution < -0.4 is 20.1 Å². The number of anilines is 2. The van der Waals surface area contributed by atoms with Crippen molar-refractivity contribution >= 4 is 27.6 Å². The van der Waals surface area contributed by atoms with Crippen LogP contribution in [0.5, 0.6) is 11.5 Å². The Morgan fingerprint density at radius 3 is 2.31 bits per heavy atom. The maximum atomic E-state index is 13.1. The van der Waals surface area contributed by atoms with Gasteiger partial charge >= 0.3 is 6.03 Å². The second-order valence-corrected chi connectivity index (χ2v) is 13.5. The van der Waals surface area contributed by atoms with Gasteiger partial charge in [-0.25, -0.2) is 22.6 Å². The lowest BCUT2D eigenvalue weighted by molar-refractivity contribution is 0.0390. The fourth-order valence-electron chi connectivity index (χ4n) is 4.77. The van der Waals surface area contributed by atoms with Crippen molar-refractivity contribution in [1.82, 2.24) is 24.4 Å². The van der Waals surface area contributed by atoms with Gasteiger partial charge in [0, 0.05) is 55.7 Å². The van der Waals surface area contributed by atoms with Crippen LogP contribution in [0.3, 0.4) is 0 Å². The Hall–Kier alpha value is -4.30. The number of hydrogen-bond donors (Lipinski definition) is 3. The molecule has 0 aliphatic carbocycles. The minimum absolute atomic E-state index is 0.194. The molecule has 1 aliphatic rings. The largest absolute Gasteiger partial charge is 0.457 e. The molecule has 0 bridgehead atoms. The number of carbonyl (C=O) groups is 1. The fraction of sp³-hybridized carbons (Fsp3) is 0.344. The summed E-state index contributed by atoms with van der Waals surface area (Å²) in [5.74, 6) is 1.72. The zero-order valence-corrected chi connectivity index (χ0v) is 26.7. The quantitative estimate of drug-likeness (QED) is 0.224. The van der Waals surface area contributed by atoms with Crippen molar-refractivity contribution in [2.45, 2.75) is 38.0 Å². The van der Waals surface area contributed by atoms with E-state index >= 15 is 0 Å². The van der Waals surface area contributed by atoms with E-state index < -0.39 is 16.1 Å². The van der Waals surface area contributed by atoms with Gasteiger partial charge in [0.1, 0.15) is 17.3 Å². The normalized spacial score (nSPS) is 14.2. The van der Waals surface area contributed by atoms with Gasteiger partial charge in [-0.05, 0) is 67.1 Å². The highest BCUT2D eigenvalue weighted by atomic mass is 32.2. The van der Waals surface area contributed by atoms with E-state index in [-0.39, 0.29) is 10.3 Å². The zero-order chi connectivity index (χ0) is 32.0. The summed E-state index contributed by atoms with van der Waals surface area (Å²) in [4.78, 5) is 19.4. The predicted molar refractivity (Wildman–Crippen MR) is 173 cm³/mol. The second-order valence-electron chi connectivity index (χ2n) is 11.8. The third-order valence-corrected chi connectivity index (χ3v) is 8.85. The molecular formula is C32H39N7O5S. The van der Waals surface area contributed by atoms with Crippen LogP contribution in [0.1, 0.15) is 32.0 Å². The molecule has 2 amide bonds. The summed E-state index contributed by atoms with van der Waals surface area (Å²) >= 11 is 0. The molecule has 1 aliphatic heterocycles. The summed E-state index contributed by atoms with van der Waals surface area (Å²) in [6.45, 7) is 11.7. The third kappa shape index (κ3) is 8.45. The highest BCUT2D eigenvalue weighted by Gasteiger charge is 2.23. The summed E-state index contributed by atoms with van der Waals surface area (Å²) in [5, 5.41) is 10.5. The van der Waals surface area contributed by atoms with E-state index in [9.17, 15) is 13.2 Å². The average Bonchev–Trinajstić information content (AvgIpc) is 3.43. The van der Waals surface area contributed by atoms with Crippen LogP contribution in [0.2, 0.25) is 0 Å². The Morgan fingerprint density at radius 1 is 0.956 bits per heavy atom. The zero-order valence-electron chi connectivity index (χ0n) is 25.9. The maximum absolute atomic E-state index is 13.1. The lowest BCUT2D eigenvalue weighted by Gasteiger charge is -2.26. The molecule has 1 fully saturated rings. The number of nitrogens with one attached hydrogen (secondary N) is 3. The van der Waals surface area contributed by atoms with Crippen molar-refractivity contribution in [1.29, 1.82) is 0 Å². The van der Waals surface area contributed by atoms with Crippen LogP contribution in [0.25, 0.3) is 5.69 Å². The number of sulfonamides is 1. The maximum Gasteiger partial charge on any atom is 0.324 e. The summed E-state index contributed by atoms with van der Waals surface area (Å²) in [6.07, 6.45) is 3.30. The average molecular weight is 634 g/mol. The Bertz CT molecular complexity index is 1710. The van der Waals surface area contributed by atoms with E-state index in [1.807, 2.05) is 26.8 Å². The Morgan fingerprint density at radius 2 is 1.64 bits per heavy atom. The molecule has 3 N–H and O–H groups in total. The van der Waals surface area contributed by atoms with Crippen LogP contribution >= 0.6 is 0 Å². The van der Waals surface area contributed by atoms with Crippen LogP contribution in [-0.4, -0.2) is 73.5 Å². The van der Waals surface area contributed by atoms with Gasteiger partial charge in [0.05, 0.1) is 29.5 Å². The van der Waals surface area contributed by atoms with E-state index in [0.717, 1.165) is 18.8 Å². The molecule has 2 aromatic heterocycles.